The van der Waals surface area contributed by atoms with Crippen LogP contribution in [0.2, 0.25) is 4.34 Å². The SMILES string of the molecule is O=C(O)c1ccc2c(c1)CC(NCc1ncc(Cl)s1)C2. The standard InChI is InChI=1S/C14H13ClN2O2S/c15-12-6-17-13(20-12)7-16-11-4-8-1-2-9(14(18)19)3-10(8)5-11/h1-3,6,11,16H,4-5,7H2,(H,18,19). The van der Waals surface area contributed by atoms with Crippen molar-refractivity contribution in [2.75, 3.05) is 0 Å². The maximum Gasteiger partial charge on any atom is 0.335 e. The van der Waals surface area contributed by atoms with Gasteiger partial charge in [0.25, 0.3) is 0 Å². The molecule has 1 aromatic carbocycles. The molecule has 1 aliphatic rings. The minimum atomic E-state index is -0.873. The molecule has 4 nitrogen and oxygen atoms in total. The number of fused-ring (bicyclic) bond motifs is 1. The fourth-order valence-electron chi connectivity index (χ4n) is 2.50. The van der Waals surface area contributed by atoms with Crippen molar-refractivity contribution in [1.29, 1.82) is 0 Å². The summed E-state index contributed by atoms with van der Waals surface area (Å²) < 4.78 is 0.697. The lowest BCUT2D eigenvalue weighted by Gasteiger charge is -2.09. The highest BCUT2D eigenvalue weighted by Gasteiger charge is 2.22. The van der Waals surface area contributed by atoms with Gasteiger partial charge in [0.1, 0.15) is 9.34 Å². The van der Waals surface area contributed by atoms with Gasteiger partial charge < -0.3 is 10.4 Å². The van der Waals surface area contributed by atoms with Crippen molar-refractivity contribution in [1.82, 2.24) is 10.3 Å². The number of hydrogen-bond acceptors (Lipinski definition) is 4. The van der Waals surface area contributed by atoms with Crippen LogP contribution in [0.5, 0.6) is 0 Å². The van der Waals surface area contributed by atoms with Crippen molar-refractivity contribution in [3.63, 3.8) is 0 Å². The number of rotatable bonds is 4. The van der Waals surface area contributed by atoms with Gasteiger partial charge in [0, 0.05) is 12.6 Å². The van der Waals surface area contributed by atoms with Crippen LogP contribution in [-0.4, -0.2) is 22.1 Å². The molecular weight excluding hydrogens is 296 g/mol. The Morgan fingerprint density at radius 1 is 1.45 bits per heavy atom. The Kier molecular flexibility index (Phi) is 3.74. The fourth-order valence-corrected chi connectivity index (χ4v) is 3.40. The topological polar surface area (TPSA) is 62.2 Å². The first kappa shape index (κ1) is 13.5. The van der Waals surface area contributed by atoms with Crippen molar-refractivity contribution in [3.05, 3.63) is 50.4 Å². The van der Waals surface area contributed by atoms with Crippen LogP contribution in [0.3, 0.4) is 0 Å². The van der Waals surface area contributed by atoms with Crippen molar-refractivity contribution in [3.8, 4) is 0 Å². The predicted octanol–water partition coefficient (Wildman–Crippen LogP) is 2.75. The molecule has 0 spiro atoms. The van der Waals surface area contributed by atoms with Gasteiger partial charge >= 0.3 is 5.97 Å². The number of carbonyl (C=O) groups is 1. The molecule has 1 aliphatic carbocycles. The molecule has 0 bridgehead atoms. The van der Waals surface area contributed by atoms with Gasteiger partial charge in [-0.1, -0.05) is 17.7 Å². The van der Waals surface area contributed by atoms with Crippen molar-refractivity contribution >= 4 is 28.9 Å². The summed E-state index contributed by atoms with van der Waals surface area (Å²) in [6, 6.07) is 5.70. The monoisotopic (exact) mass is 308 g/mol. The summed E-state index contributed by atoms with van der Waals surface area (Å²) in [4.78, 5) is 15.2. The lowest BCUT2D eigenvalue weighted by atomic mass is 10.1. The van der Waals surface area contributed by atoms with Gasteiger partial charge in [-0.05, 0) is 36.1 Å². The minimum absolute atomic E-state index is 0.330. The van der Waals surface area contributed by atoms with Gasteiger partial charge in [-0.3, -0.25) is 0 Å². The Morgan fingerprint density at radius 2 is 2.25 bits per heavy atom. The van der Waals surface area contributed by atoms with Gasteiger partial charge in [0.15, 0.2) is 0 Å². The number of nitrogens with one attached hydrogen (secondary N) is 1. The van der Waals surface area contributed by atoms with E-state index < -0.39 is 5.97 Å². The molecule has 1 heterocycles. The maximum absolute atomic E-state index is 11.0. The van der Waals surface area contributed by atoms with Crippen molar-refractivity contribution < 1.29 is 9.90 Å². The van der Waals surface area contributed by atoms with Crippen LogP contribution < -0.4 is 5.32 Å². The highest BCUT2D eigenvalue weighted by atomic mass is 35.5. The third-order valence-corrected chi connectivity index (χ3v) is 4.57. The summed E-state index contributed by atoms with van der Waals surface area (Å²) in [5.74, 6) is -0.873. The third kappa shape index (κ3) is 2.85. The normalized spacial score (nSPS) is 17.1. The average Bonchev–Trinajstić information content (AvgIpc) is 3.00. The largest absolute Gasteiger partial charge is 0.478 e. The molecular formula is C14H13ClN2O2S. The summed E-state index contributed by atoms with van der Waals surface area (Å²) >= 11 is 7.32. The molecule has 1 aromatic heterocycles. The van der Waals surface area contributed by atoms with Gasteiger partial charge in [0.2, 0.25) is 0 Å². The smallest absolute Gasteiger partial charge is 0.335 e. The Balaban J connectivity index is 1.63. The number of carboxylic acids is 1. The third-order valence-electron chi connectivity index (χ3n) is 3.45. The first-order valence-electron chi connectivity index (χ1n) is 6.30. The van der Waals surface area contributed by atoms with Gasteiger partial charge in [-0.15, -0.1) is 11.3 Å². The lowest BCUT2D eigenvalue weighted by molar-refractivity contribution is 0.0697. The maximum atomic E-state index is 11.0. The number of aromatic carboxylic acids is 1. The molecule has 0 fully saturated rings. The van der Waals surface area contributed by atoms with Crippen LogP contribution in [-0.2, 0) is 19.4 Å². The van der Waals surface area contributed by atoms with Crippen molar-refractivity contribution in [2.24, 2.45) is 0 Å². The van der Waals surface area contributed by atoms with Crippen LogP contribution in [0.15, 0.2) is 24.4 Å². The zero-order valence-electron chi connectivity index (χ0n) is 10.6. The van der Waals surface area contributed by atoms with E-state index in [4.69, 9.17) is 16.7 Å². The molecule has 3 rings (SSSR count). The van der Waals surface area contributed by atoms with E-state index in [1.807, 2.05) is 6.07 Å². The first-order chi connectivity index (χ1) is 9.61. The Bertz CT molecular complexity index is 656. The number of aromatic nitrogens is 1. The molecule has 0 radical (unpaired) electrons. The highest BCUT2D eigenvalue weighted by molar-refractivity contribution is 7.15. The summed E-state index contributed by atoms with van der Waals surface area (Å²) in [5, 5.41) is 13.4. The quantitative estimate of drug-likeness (QED) is 0.911. The van der Waals surface area contributed by atoms with E-state index in [2.05, 4.69) is 10.3 Å². The van der Waals surface area contributed by atoms with Gasteiger partial charge in [-0.25, -0.2) is 9.78 Å². The second-order valence-electron chi connectivity index (χ2n) is 4.83. The number of hydrogen-bond donors (Lipinski definition) is 2. The molecule has 0 saturated carbocycles. The van der Waals surface area contributed by atoms with Gasteiger partial charge in [-0.2, -0.15) is 0 Å². The molecule has 2 N–H and O–H groups in total. The zero-order valence-corrected chi connectivity index (χ0v) is 12.2. The molecule has 1 unspecified atom stereocenters. The van der Waals surface area contributed by atoms with Crippen LogP contribution in [0, 0.1) is 0 Å². The van der Waals surface area contributed by atoms with Gasteiger partial charge in [0.05, 0.1) is 11.8 Å². The number of benzene rings is 1. The molecule has 20 heavy (non-hydrogen) atoms. The Morgan fingerprint density at radius 3 is 2.95 bits per heavy atom. The molecule has 6 heteroatoms. The minimum Gasteiger partial charge on any atom is -0.478 e. The molecule has 0 aliphatic heterocycles. The van der Waals surface area contributed by atoms with Crippen LogP contribution in [0.4, 0.5) is 0 Å². The molecule has 1 atom stereocenters. The van der Waals surface area contributed by atoms with E-state index in [-0.39, 0.29) is 0 Å². The average molecular weight is 309 g/mol. The number of thiazole rings is 1. The fraction of sp³-hybridized carbons (Fsp3) is 0.286. The number of nitrogens with zero attached hydrogens (tertiary/aromatic N) is 1. The summed E-state index contributed by atoms with van der Waals surface area (Å²) in [6.07, 6.45) is 3.44. The van der Waals surface area contributed by atoms with Crippen LogP contribution in [0.1, 0.15) is 26.5 Å². The molecule has 104 valence electrons. The Labute approximate surface area is 125 Å². The van der Waals surface area contributed by atoms with Crippen molar-refractivity contribution in [2.45, 2.75) is 25.4 Å². The summed E-state index contributed by atoms with van der Waals surface area (Å²) in [5.41, 5.74) is 2.71. The second kappa shape index (κ2) is 5.52. The summed E-state index contributed by atoms with van der Waals surface area (Å²) in [7, 11) is 0. The Hall–Kier alpha value is -1.43. The number of halogens is 1. The van der Waals surface area contributed by atoms with E-state index in [0.29, 0.717) is 22.5 Å². The van der Waals surface area contributed by atoms with E-state index in [9.17, 15) is 4.79 Å². The van der Waals surface area contributed by atoms with E-state index in [0.717, 1.165) is 23.4 Å². The van der Waals surface area contributed by atoms with E-state index >= 15 is 0 Å². The predicted molar refractivity (Wildman–Crippen MR) is 78.6 cm³/mol. The summed E-state index contributed by atoms with van der Waals surface area (Å²) in [6.45, 7) is 0.696. The highest BCUT2D eigenvalue weighted by Crippen LogP contribution is 2.24. The van der Waals surface area contributed by atoms with Crippen LogP contribution in [0.25, 0.3) is 0 Å². The van der Waals surface area contributed by atoms with Crippen LogP contribution >= 0.6 is 22.9 Å². The first-order valence-corrected chi connectivity index (χ1v) is 7.50. The molecule has 2 aromatic rings. The van der Waals surface area contributed by atoms with E-state index in [1.165, 1.54) is 16.9 Å². The zero-order chi connectivity index (χ0) is 14.1. The molecule has 0 amide bonds. The lowest BCUT2D eigenvalue weighted by Crippen LogP contribution is -2.28. The second-order valence-corrected chi connectivity index (χ2v) is 6.58. The van der Waals surface area contributed by atoms with E-state index in [1.54, 1.807) is 18.3 Å². The molecule has 0 saturated heterocycles. The number of carboxylic acid groups (broad SMARTS) is 1.